The summed E-state index contributed by atoms with van der Waals surface area (Å²) in [6.07, 6.45) is 3.42. The molecule has 0 amide bonds. The standard InChI is InChI=1S/C12H21N3O/c1-9(2)8-16-12-7-13-5-11(15-12)6-14-10(3)4/h5,7,9-10,14H,6,8H2,1-4H3. The molecular formula is C12H21N3O. The number of rotatable bonds is 6. The summed E-state index contributed by atoms with van der Waals surface area (Å²) in [4.78, 5) is 8.48. The molecule has 16 heavy (non-hydrogen) atoms. The Hall–Kier alpha value is -1.16. The van der Waals surface area contributed by atoms with Crippen molar-refractivity contribution in [2.45, 2.75) is 40.3 Å². The Morgan fingerprint density at radius 1 is 1.25 bits per heavy atom. The molecule has 0 aliphatic rings. The van der Waals surface area contributed by atoms with Crippen molar-refractivity contribution in [1.29, 1.82) is 0 Å². The van der Waals surface area contributed by atoms with Gasteiger partial charge in [-0.2, -0.15) is 0 Å². The summed E-state index contributed by atoms with van der Waals surface area (Å²) < 4.78 is 5.51. The first kappa shape index (κ1) is 12.9. The van der Waals surface area contributed by atoms with Crippen LogP contribution in [0, 0.1) is 5.92 Å². The van der Waals surface area contributed by atoms with Gasteiger partial charge < -0.3 is 10.1 Å². The van der Waals surface area contributed by atoms with Crippen LogP contribution in [0.3, 0.4) is 0 Å². The summed E-state index contributed by atoms with van der Waals surface area (Å²) in [5.41, 5.74) is 0.912. The van der Waals surface area contributed by atoms with Crippen LogP contribution < -0.4 is 10.1 Å². The highest BCUT2D eigenvalue weighted by Crippen LogP contribution is 2.06. The summed E-state index contributed by atoms with van der Waals surface area (Å²) in [7, 11) is 0. The van der Waals surface area contributed by atoms with E-state index < -0.39 is 0 Å². The maximum Gasteiger partial charge on any atom is 0.232 e. The lowest BCUT2D eigenvalue weighted by atomic mass is 10.2. The van der Waals surface area contributed by atoms with E-state index in [2.05, 4.69) is 43.0 Å². The Morgan fingerprint density at radius 2 is 2.00 bits per heavy atom. The molecule has 4 heteroatoms. The van der Waals surface area contributed by atoms with Gasteiger partial charge in [-0.05, 0) is 5.92 Å². The topological polar surface area (TPSA) is 47.0 Å². The van der Waals surface area contributed by atoms with Crippen LogP contribution in [0.4, 0.5) is 0 Å². The zero-order chi connectivity index (χ0) is 12.0. The van der Waals surface area contributed by atoms with Gasteiger partial charge in [-0.3, -0.25) is 4.98 Å². The molecule has 0 aromatic carbocycles. The van der Waals surface area contributed by atoms with E-state index in [1.807, 2.05) is 0 Å². The van der Waals surface area contributed by atoms with Crippen LogP contribution in [0.5, 0.6) is 5.88 Å². The van der Waals surface area contributed by atoms with Crippen molar-refractivity contribution in [3.05, 3.63) is 18.1 Å². The van der Waals surface area contributed by atoms with Gasteiger partial charge in [0, 0.05) is 18.8 Å². The molecular weight excluding hydrogens is 202 g/mol. The predicted octanol–water partition coefficient (Wildman–Crippen LogP) is 2.01. The minimum absolute atomic E-state index is 0.446. The second-order valence-electron chi connectivity index (χ2n) is 4.59. The lowest BCUT2D eigenvalue weighted by molar-refractivity contribution is 0.259. The van der Waals surface area contributed by atoms with Crippen molar-refractivity contribution in [1.82, 2.24) is 15.3 Å². The third kappa shape index (κ3) is 5.07. The number of aromatic nitrogens is 2. The van der Waals surface area contributed by atoms with Crippen LogP contribution in [-0.4, -0.2) is 22.6 Å². The lowest BCUT2D eigenvalue weighted by Crippen LogP contribution is -2.22. The molecule has 0 bridgehead atoms. The van der Waals surface area contributed by atoms with Crippen molar-refractivity contribution < 1.29 is 4.74 Å². The first-order chi connectivity index (χ1) is 7.58. The van der Waals surface area contributed by atoms with Crippen LogP contribution in [0.15, 0.2) is 12.4 Å². The van der Waals surface area contributed by atoms with Gasteiger partial charge >= 0.3 is 0 Å². The van der Waals surface area contributed by atoms with Crippen LogP contribution in [0.1, 0.15) is 33.4 Å². The molecule has 0 saturated heterocycles. The Morgan fingerprint density at radius 3 is 2.62 bits per heavy atom. The molecule has 0 unspecified atom stereocenters. The summed E-state index contributed by atoms with van der Waals surface area (Å²) in [5, 5.41) is 3.30. The SMILES string of the molecule is CC(C)COc1cncc(CNC(C)C)n1. The summed E-state index contributed by atoms with van der Waals surface area (Å²) in [6, 6.07) is 0.446. The molecule has 0 saturated carbocycles. The monoisotopic (exact) mass is 223 g/mol. The summed E-state index contributed by atoms with van der Waals surface area (Å²) in [6.45, 7) is 9.83. The van der Waals surface area contributed by atoms with Gasteiger partial charge in [-0.25, -0.2) is 4.98 Å². The van der Waals surface area contributed by atoms with Gasteiger partial charge in [-0.15, -0.1) is 0 Å². The first-order valence-corrected chi connectivity index (χ1v) is 5.75. The van der Waals surface area contributed by atoms with Crippen LogP contribution in [-0.2, 0) is 6.54 Å². The number of hydrogen-bond acceptors (Lipinski definition) is 4. The van der Waals surface area contributed by atoms with Gasteiger partial charge in [0.25, 0.3) is 0 Å². The first-order valence-electron chi connectivity index (χ1n) is 5.75. The Balaban J connectivity index is 2.50. The Kier molecular flexibility index (Phi) is 5.19. The molecule has 0 spiro atoms. The van der Waals surface area contributed by atoms with E-state index in [1.165, 1.54) is 0 Å². The van der Waals surface area contributed by atoms with Crippen LogP contribution in [0.25, 0.3) is 0 Å². The molecule has 1 heterocycles. The van der Waals surface area contributed by atoms with E-state index in [4.69, 9.17) is 4.74 Å². The lowest BCUT2D eigenvalue weighted by Gasteiger charge is -2.10. The maximum absolute atomic E-state index is 5.51. The van der Waals surface area contributed by atoms with E-state index >= 15 is 0 Å². The molecule has 0 atom stereocenters. The molecule has 0 aliphatic heterocycles. The molecule has 1 rings (SSSR count). The van der Waals surface area contributed by atoms with Crippen molar-refractivity contribution in [2.24, 2.45) is 5.92 Å². The zero-order valence-corrected chi connectivity index (χ0v) is 10.5. The molecule has 1 aromatic heterocycles. The largest absolute Gasteiger partial charge is 0.476 e. The average molecular weight is 223 g/mol. The van der Waals surface area contributed by atoms with E-state index in [0.29, 0.717) is 24.4 Å². The zero-order valence-electron chi connectivity index (χ0n) is 10.5. The maximum atomic E-state index is 5.51. The fourth-order valence-electron chi connectivity index (χ4n) is 1.10. The van der Waals surface area contributed by atoms with Crippen LogP contribution in [0.2, 0.25) is 0 Å². The summed E-state index contributed by atoms with van der Waals surface area (Å²) >= 11 is 0. The molecule has 0 aliphatic carbocycles. The minimum atomic E-state index is 0.446. The quantitative estimate of drug-likeness (QED) is 0.801. The number of nitrogens with zero attached hydrogens (tertiary/aromatic N) is 2. The number of hydrogen-bond donors (Lipinski definition) is 1. The highest BCUT2D eigenvalue weighted by molar-refractivity contribution is 5.08. The molecule has 90 valence electrons. The second kappa shape index (κ2) is 6.43. The minimum Gasteiger partial charge on any atom is -0.476 e. The predicted molar refractivity (Wildman–Crippen MR) is 64.3 cm³/mol. The van der Waals surface area contributed by atoms with Crippen molar-refractivity contribution >= 4 is 0 Å². The third-order valence-corrected chi connectivity index (χ3v) is 1.92. The van der Waals surface area contributed by atoms with E-state index in [9.17, 15) is 0 Å². The van der Waals surface area contributed by atoms with Gasteiger partial charge in [0.05, 0.1) is 18.5 Å². The fourth-order valence-corrected chi connectivity index (χ4v) is 1.10. The van der Waals surface area contributed by atoms with Gasteiger partial charge in [0.1, 0.15) is 0 Å². The van der Waals surface area contributed by atoms with Gasteiger partial charge in [-0.1, -0.05) is 27.7 Å². The summed E-state index contributed by atoms with van der Waals surface area (Å²) in [5.74, 6) is 1.11. The molecule has 1 aromatic rings. The Bertz CT molecular complexity index is 286. The molecule has 0 radical (unpaired) electrons. The van der Waals surface area contributed by atoms with Crippen molar-refractivity contribution in [2.75, 3.05) is 6.61 Å². The smallest absolute Gasteiger partial charge is 0.232 e. The molecule has 1 N–H and O–H groups in total. The third-order valence-electron chi connectivity index (χ3n) is 1.92. The van der Waals surface area contributed by atoms with Gasteiger partial charge in [0.15, 0.2) is 0 Å². The number of nitrogens with one attached hydrogen (secondary N) is 1. The van der Waals surface area contributed by atoms with E-state index in [-0.39, 0.29) is 0 Å². The van der Waals surface area contributed by atoms with Crippen LogP contribution >= 0.6 is 0 Å². The molecule has 4 nitrogen and oxygen atoms in total. The normalized spacial score (nSPS) is 11.1. The van der Waals surface area contributed by atoms with E-state index in [0.717, 1.165) is 12.2 Å². The Labute approximate surface area is 97.5 Å². The van der Waals surface area contributed by atoms with Crippen molar-refractivity contribution in [3.8, 4) is 5.88 Å². The average Bonchev–Trinajstić information content (AvgIpc) is 2.24. The molecule has 0 fully saturated rings. The number of ether oxygens (including phenoxy) is 1. The fraction of sp³-hybridized carbons (Fsp3) is 0.667. The highest BCUT2D eigenvalue weighted by atomic mass is 16.5. The highest BCUT2D eigenvalue weighted by Gasteiger charge is 2.02. The van der Waals surface area contributed by atoms with Gasteiger partial charge in [0.2, 0.25) is 5.88 Å². The van der Waals surface area contributed by atoms with E-state index in [1.54, 1.807) is 12.4 Å². The van der Waals surface area contributed by atoms with Crippen molar-refractivity contribution in [3.63, 3.8) is 0 Å². The second-order valence-corrected chi connectivity index (χ2v) is 4.59.